The largest absolute Gasteiger partial charge is 0.466 e. The molecule has 0 radical (unpaired) electrons. The second-order valence-corrected chi connectivity index (χ2v) is 3.55. The van der Waals surface area contributed by atoms with Gasteiger partial charge in [-0.1, -0.05) is 36.4 Å². The van der Waals surface area contributed by atoms with Crippen LogP contribution in [-0.2, 0) is 20.9 Å². The van der Waals surface area contributed by atoms with Gasteiger partial charge >= 0.3 is 5.97 Å². The molecular weight excluding hydrogens is 218 g/mol. The molecule has 1 aromatic rings. The van der Waals surface area contributed by atoms with Crippen molar-refractivity contribution in [2.24, 2.45) is 5.73 Å². The molecule has 17 heavy (non-hydrogen) atoms. The minimum Gasteiger partial charge on any atom is -0.466 e. The van der Waals surface area contributed by atoms with E-state index in [1.165, 1.54) is 13.2 Å². The molecular formula is C13H17NO3. The number of ether oxygens (including phenoxy) is 2. The van der Waals surface area contributed by atoms with E-state index in [0.717, 1.165) is 5.56 Å². The molecule has 0 saturated carbocycles. The van der Waals surface area contributed by atoms with Crippen molar-refractivity contribution in [2.45, 2.75) is 12.6 Å². The van der Waals surface area contributed by atoms with Gasteiger partial charge in [-0.2, -0.15) is 0 Å². The summed E-state index contributed by atoms with van der Waals surface area (Å²) in [5.41, 5.74) is 6.82. The second-order valence-electron chi connectivity index (χ2n) is 3.55. The fourth-order valence-electron chi connectivity index (χ4n) is 1.21. The number of hydrogen-bond donors (Lipinski definition) is 1. The van der Waals surface area contributed by atoms with Gasteiger partial charge in [-0.15, -0.1) is 0 Å². The molecule has 1 atom stereocenters. The first-order chi connectivity index (χ1) is 8.22. The Hall–Kier alpha value is -1.65. The first kappa shape index (κ1) is 13.4. The number of rotatable bonds is 6. The number of nitrogens with two attached hydrogens (primary N) is 1. The first-order valence-corrected chi connectivity index (χ1v) is 5.36. The smallest absolute Gasteiger partial charge is 0.330 e. The topological polar surface area (TPSA) is 61.5 Å². The molecule has 0 heterocycles. The zero-order valence-electron chi connectivity index (χ0n) is 9.84. The highest BCUT2D eigenvalue weighted by molar-refractivity contribution is 5.81. The summed E-state index contributed by atoms with van der Waals surface area (Å²) >= 11 is 0. The van der Waals surface area contributed by atoms with E-state index in [-0.39, 0.29) is 6.04 Å². The van der Waals surface area contributed by atoms with Crippen molar-refractivity contribution in [2.75, 3.05) is 13.7 Å². The predicted molar refractivity (Wildman–Crippen MR) is 65.2 cm³/mol. The van der Waals surface area contributed by atoms with Crippen LogP contribution in [0.25, 0.3) is 0 Å². The van der Waals surface area contributed by atoms with Crippen molar-refractivity contribution in [3.8, 4) is 0 Å². The average molecular weight is 235 g/mol. The van der Waals surface area contributed by atoms with E-state index in [1.807, 2.05) is 30.3 Å². The number of benzene rings is 1. The lowest BCUT2D eigenvalue weighted by Crippen LogP contribution is -2.23. The zero-order valence-corrected chi connectivity index (χ0v) is 9.84. The summed E-state index contributed by atoms with van der Waals surface area (Å²) in [7, 11) is 1.32. The first-order valence-electron chi connectivity index (χ1n) is 5.36. The molecule has 2 N–H and O–H groups in total. The van der Waals surface area contributed by atoms with Crippen LogP contribution < -0.4 is 5.73 Å². The van der Waals surface area contributed by atoms with Crippen LogP contribution in [0.5, 0.6) is 0 Å². The highest BCUT2D eigenvalue weighted by Crippen LogP contribution is 2.00. The van der Waals surface area contributed by atoms with Crippen LogP contribution in [-0.4, -0.2) is 25.7 Å². The fourth-order valence-corrected chi connectivity index (χ4v) is 1.21. The molecule has 0 bridgehead atoms. The predicted octanol–water partition coefficient (Wildman–Crippen LogP) is 1.26. The van der Waals surface area contributed by atoms with E-state index in [1.54, 1.807) is 6.08 Å². The Bertz CT molecular complexity index is 362. The molecule has 0 aromatic heterocycles. The molecule has 0 aliphatic carbocycles. The van der Waals surface area contributed by atoms with Crippen LogP contribution in [0, 0.1) is 0 Å². The van der Waals surface area contributed by atoms with Gasteiger partial charge in [0.2, 0.25) is 0 Å². The van der Waals surface area contributed by atoms with Gasteiger partial charge in [-0.25, -0.2) is 4.79 Å². The van der Waals surface area contributed by atoms with Crippen LogP contribution in [0.2, 0.25) is 0 Å². The maximum atomic E-state index is 10.8. The molecule has 0 aliphatic heterocycles. The quantitative estimate of drug-likeness (QED) is 0.595. The van der Waals surface area contributed by atoms with Crippen molar-refractivity contribution in [3.63, 3.8) is 0 Å². The minimum atomic E-state index is -0.413. The van der Waals surface area contributed by atoms with Crippen molar-refractivity contribution in [1.82, 2.24) is 0 Å². The van der Waals surface area contributed by atoms with Gasteiger partial charge in [0.25, 0.3) is 0 Å². The lowest BCUT2D eigenvalue weighted by atomic mass is 10.2. The monoisotopic (exact) mass is 235 g/mol. The summed E-state index contributed by atoms with van der Waals surface area (Å²) in [6.45, 7) is 0.878. The van der Waals surface area contributed by atoms with Crippen molar-refractivity contribution in [3.05, 3.63) is 48.0 Å². The summed E-state index contributed by atoms with van der Waals surface area (Å²) in [6, 6.07) is 9.52. The average Bonchev–Trinajstić information content (AvgIpc) is 2.37. The molecule has 1 aromatic carbocycles. The van der Waals surface area contributed by atoms with Gasteiger partial charge in [-0.05, 0) is 5.56 Å². The van der Waals surface area contributed by atoms with E-state index >= 15 is 0 Å². The van der Waals surface area contributed by atoms with Crippen LogP contribution in [0.15, 0.2) is 42.5 Å². The molecule has 0 spiro atoms. The number of hydrogen-bond acceptors (Lipinski definition) is 4. The van der Waals surface area contributed by atoms with E-state index in [4.69, 9.17) is 10.5 Å². The Labute approximate surface area is 101 Å². The molecule has 0 amide bonds. The third-order valence-corrected chi connectivity index (χ3v) is 2.10. The number of esters is 1. The summed E-state index contributed by atoms with van der Waals surface area (Å²) in [5, 5.41) is 0. The number of carbonyl (C=O) groups excluding carboxylic acids is 1. The van der Waals surface area contributed by atoms with Crippen molar-refractivity contribution < 1.29 is 14.3 Å². The molecule has 0 fully saturated rings. The normalized spacial score (nSPS) is 12.6. The molecule has 92 valence electrons. The maximum absolute atomic E-state index is 10.8. The van der Waals surface area contributed by atoms with Crippen LogP contribution in [0.1, 0.15) is 5.56 Å². The Kier molecular flexibility index (Phi) is 5.99. The summed E-state index contributed by atoms with van der Waals surface area (Å²) < 4.78 is 9.87. The molecule has 4 heteroatoms. The highest BCUT2D eigenvalue weighted by Gasteiger charge is 2.00. The van der Waals surface area contributed by atoms with Crippen LogP contribution in [0.3, 0.4) is 0 Å². The fraction of sp³-hybridized carbons (Fsp3) is 0.308. The molecule has 0 saturated heterocycles. The standard InChI is InChI=1S/C13H17NO3/c1-16-13(15)8-7-12(14)10-17-9-11-5-3-2-4-6-11/h2-8,12H,9-10,14H2,1H3/b8-7-/t12-/m0/s1. The summed E-state index contributed by atoms with van der Waals surface area (Å²) in [4.78, 5) is 10.8. The van der Waals surface area contributed by atoms with E-state index in [9.17, 15) is 4.79 Å². The third kappa shape index (κ3) is 5.85. The van der Waals surface area contributed by atoms with E-state index in [0.29, 0.717) is 13.2 Å². The highest BCUT2D eigenvalue weighted by atomic mass is 16.5. The Morgan fingerprint density at radius 2 is 2.12 bits per heavy atom. The SMILES string of the molecule is COC(=O)/C=C\[C@H](N)COCc1ccccc1. The third-order valence-electron chi connectivity index (χ3n) is 2.10. The molecule has 0 aliphatic rings. The molecule has 0 unspecified atom stereocenters. The lowest BCUT2D eigenvalue weighted by Gasteiger charge is -2.07. The van der Waals surface area contributed by atoms with Gasteiger partial charge in [0.05, 0.1) is 20.3 Å². The van der Waals surface area contributed by atoms with E-state index < -0.39 is 5.97 Å². The lowest BCUT2D eigenvalue weighted by molar-refractivity contribution is -0.134. The summed E-state index contributed by atoms with van der Waals surface area (Å²) in [5.74, 6) is -0.413. The Morgan fingerprint density at radius 3 is 2.76 bits per heavy atom. The van der Waals surface area contributed by atoms with Gasteiger partial charge < -0.3 is 15.2 Å². The summed E-state index contributed by atoms with van der Waals surface area (Å²) in [6.07, 6.45) is 2.87. The molecule has 4 nitrogen and oxygen atoms in total. The van der Waals surface area contributed by atoms with Crippen LogP contribution in [0.4, 0.5) is 0 Å². The minimum absolute atomic E-state index is 0.308. The van der Waals surface area contributed by atoms with Gasteiger partial charge in [0, 0.05) is 12.1 Å². The Morgan fingerprint density at radius 1 is 1.41 bits per heavy atom. The molecule has 1 rings (SSSR count). The zero-order chi connectivity index (χ0) is 12.5. The second kappa shape index (κ2) is 7.60. The van der Waals surface area contributed by atoms with Gasteiger partial charge in [-0.3, -0.25) is 0 Å². The van der Waals surface area contributed by atoms with Crippen LogP contribution >= 0.6 is 0 Å². The maximum Gasteiger partial charge on any atom is 0.330 e. The van der Waals surface area contributed by atoms with Crippen molar-refractivity contribution in [1.29, 1.82) is 0 Å². The van der Waals surface area contributed by atoms with Gasteiger partial charge in [0.1, 0.15) is 0 Å². The number of methoxy groups -OCH3 is 1. The van der Waals surface area contributed by atoms with Crippen molar-refractivity contribution >= 4 is 5.97 Å². The van der Waals surface area contributed by atoms with Gasteiger partial charge in [0.15, 0.2) is 0 Å². The number of carbonyl (C=O) groups is 1. The Balaban J connectivity index is 2.22. The van der Waals surface area contributed by atoms with E-state index in [2.05, 4.69) is 4.74 Å².